The number of ketones is 1. The molecule has 1 atom stereocenters. The van der Waals surface area contributed by atoms with Crippen LogP contribution in [0.25, 0.3) is 0 Å². The Bertz CT molecular complexity index is 217. The molecule has 6 nitrogen and oxygen atoms in total. The van der Waals surface area contributed by atoms with Crippen LogP contribution in [0.1, 0.15) is 12.8 Å². The SMILES string of the molecule is COCNC(=O)C(=O)CC[C@H](N)C=O. The second-order valence-corrected chi connectivity index (χ2v) is 2.70. The average Bonchev–Trinajstić information content (AvgIpc) is 2.21. The Hall–Kier alpha value is -1.27. The third kappa shape index (κ3) is 5.39. The van der Waals surface area contributed by atoms with Gasteiger partial charge >= 0.3 is 0 Å². The molecule has 0 fully saturated rings. The van der Waals surface area contributed by atoms with Gasteiger partial charge < -0.3 is 20.6 Å². The van der Waals surface area contributed by atoms with Gasteiger partial charge in [-0.3, -0.25) is 9.59 Å². The molecule has 0 rings (SSSR count). The van der Waals surface area contributed by atoms with Gasteiger partial charge in [0.1, 0.15) is 13.0 Å². The van der Waals surface area contributed by atoms with E-state index in [1.807, 2.05) is 0 Å². The monoisotopic (exact) mass is 202 g/mol. The van der Waals surface area contributed by atoms with Crippen LogP contribution in [0.3, 0.4) is 0 Å². The first-order valence-corrected chi connectivity index (χ1v) is 4.12. The van der Waals surface area contributed by atoms with Crippen LogP contribution in [0, 0.1) is 0 Å². The summed E-state index contributed by atoms with van der Waals surface area (Å²) in [5.74, 6) is -1.32. The van der Waals surface area contributed by atoms with Crippen molar-refractivity contribution in [1.29, 1.82) is 0 Å². The van der Waals surface area contributed by atoms with Gasteiger partial charge in [-0.1, -0.05) is 0 Å². The summed E-state index contributed by atoms with van der Waals surface area (Å²) in [4.78, 5) is 32.1. The van der Waals surface area contributed by atoms with E-state index >= 15 is 0 Å². The normalized spacial score (nSPS) is 11.9. The number of rotatable bonds is 7. The van der Waals surface area contributed by atoms with Gasteiger partial charge in [0.15, 0.2) is 0 Å². The molecule has 0 aliphatic carbocycles. The molecule has 0 heterocycles. The highest BCUT2D eigenvalue weighted by Crippen LogP contribution is 1.93. The summed E-state index contributed by atoms with van der Waals surface area (Å²) < 4.78 is 4.54. The molecule has 0 aromatic heterocycles. The summed E-state index contributed by atoms with van der Waals surface area (Å²) in [5, 5.41) is 2.23. The van der Waals surface area contributed by atoms with Gasteiger partial charge in [-0.05, 0) is 6.42 Å². The number of Topliss-reactive ketones (excluding diaryl/α,β-unsaturated/α-hetero) is 1. The number of hydrogen-bond acceptors (Lipinski definition) is 5. The third-order valence-electron chi connectivity index (χ3n) is 1.51. The summed E-state index contributed by atoms with van der Waals surface area (Å²) in [6.45, 7) is -0.00962. The van der Waals surface area contributed by atoms with E-state index in [4.69, 9.17) is 5.73 Å². The minimum Gasteiger partial charge on any atom is -0.364 e. The smallest absolute Gasteiger partial charge is 0.289 e. The average molecular weight is 202 g/mol. The zero-order valence-electron chi connectivity index (χ0n) is 7.99. The molecule has 0 unspecified atom stereocenters. The molecule has 0 aliphatic rings. The summed E-state index contributed by atoms with van der Waals surface area (Å²) in [5.41, 5.74) is 5.24. The molecule has 0 saturated carbocycles. The molecule has 0 aromatic carbocycles. The van der Waals surface area contributed by atoms with Crippen molar-refractivity contribution >= 4 is 18.0 Å². The van der Waals surface area contributed by atoms with Gasteiger partial charge in [-0.25, -0.2) is 0 Å². The molecule has 0 aromatic rings. The first kappa shape index (κ1) is 12.7. The van der Waals surface area contributed by atoms with Crippen molar-refractivity contribution in [3.8, 4) is 0 Å². The van der Waals surface area contributed by atoms with Crippen LogP contribution in [-0.2, 0) is 19.1 Å². The van der Waals surface area contributed by atoms with E-state index in [-0.39, 0.29) is 19.6 Å². The standard InChI is InChI=1S/C8H14N2O4/c1-14-5-10-8(13)7(12)3-2-6(9)4-11/h4,6H,2-3,5,9H2,1H3,(H,10,13)/t6-/m0/s1. The number of nitrogens with two attached hydrogens (primary N) is 1. The number of carbonyl (C=O) groups excluding carboxylic acids is 3. The molecule has 6 heteroatoms. The summed E-state index contributed by atoms with van der Waals surface area (Å²) in [6, 6.07) is -0.686. The highest BCUT2D eigenvalue weighted by Gasteiger charge is 2.13. The van der Waals surface area contributed by atoms with Crippen molar-refractivity contribution in [2.75, 3.05) is 13.8 Å². The van der Waals surface area contributed by atoms with Crippen molar-refractivity contribution in [3.63, 3.8) is 0 Å². The Morgan fingerprint density at radius 3 is 2.71 bits per heavy atom. The van der Waals surface area contributed by atoms with Gasteiger partial charge in [0, 0.05) is 13.5 Å². The van der Waals surface area contributed by atoms with Crippen molar-refractivity contribution in [1.82, 2.24) is 5.32 Å². The molecule has 0 spiro atoms. The van der Waals surface area contributed by atoms with Gasteiger partial charge in [-0.15, -0.1) is 0 Å². The molecule has 1 amide bonds. The van der Waals surface area contributed by atoms with E-state index in [0.717, 1.165) is 0 Å². The summed E-state index contributed by atoms with van der Waals surface area (Å²) in [7, 11) is 1.40. The zero-order chi connectivity index (χ0) is 11.0. The van der Waals surface area contributed by atoms with Gasteiger partial charge in [0.2, 0.25) is 5.78 Å². The van der Waals surface area contributed by atoms with Gasteiger partial charge in [0.05, 0.1) is 6.04 Å². The maximum Gasteiger partial charge on any atom is 0.289 e. The van der Waals surface area contributed by atoms with Crippen LogP contribution >= 0.6 is 0 Å². The van der Waals surface area contributed by atoms with Crippen molar-refractivity contribution in [2.45, 2.75) is 18.9 Å². The fourth-order valence-corrected chi connectivity index (χ4v) is 0.716. The molecular weight excluding hydrogens is 188 g/mol. The zero-order valence-corrected chi connectivity index (χ0v) is 7.99. The Morgan fingerprint density at radius 1 is 1.57 bits per heavy atom. The highest BCUT2D eigenvalue weighted by molar-refractivity contribution is 6.36. The highest BCUT2D eigenvalue weighted by atomic mass is 16.5. The quantitative estimate of drug-likeness (QED) is 0.300. The van der Waals surface area contributed by atoms with Crippen LogP contribution < -0.4 is 11.1 Å². The molecule has 0 aliphatic heterocycles. The molecule has 0 radical (unpaired) electrons. The molecule has 80 valence electrons. The Morgan fingerprint density at radius 2 is 2.21 bits per heavy atom. The fraction of sp³-hybridized carbons (Fsp3) is 0.625. The minimum absolute atomic E-state index is 0.00962. The lowest BCUT2D eigenvalue weighted by Gasteiger charge is -2.03. The van der Waals surface area contributed by atoms with Crippen molar-refractivity contribution < 1.29 is 19.1 Å². The summed E-state index contributed by atoms with van der Waals surface area (Å²) in [6.07, 6.45) is 0.693. The number of methoxy groups -OCH3 is 1. The number of hydrogen-bond donors (Lipinski definition) is 2. The number of amides is 1. The Balaban J connectivity index is 3.72. The van der Waals surface area contributed by atoms with Crippen molar-refractivity contribution in [2.24, 2.45) is 5.73 Å². The maximum absolute atomic E-state index is 11.0. The first-order chi connectivity index (χ1) is 6.61. The molecular formula is C8H14N2O4. The molecule has 0 bridgehead atoms. The summed E-state index contributed by atoms with van der Waals surface area (Å²) >= 11 is 0. The fourth-order valence-electron chi connectivity index (χ4n) is 0.716. The van der Waals surface area contributed by atoms with E-state index in [2.05, 4.69) is 10.1 Å². The van der Waals surface area contributed by atoms with Crippen LogP contribution in [0.4, 0.5) is 0 Å². The second kappa shape index (κ2) is 7.16. The predicted octanol–water partition coefficient (Wildman–Crippen LogP) is -1.42. The van der Waals surface area contributed by atoms with E-state index in [1.165, 1.54) is 7.11 Å². The van der Waals surface area contributed by atoms with Crippen LogP contribution in [0.5, 0.6) is 0 Å². The molecule has 3 N–H and O–H groups in total. The van der Waals surface area contributed by atoms with E-state index < -0.39 is 17.7 Å². The van der Waals surface area contributed by atoms with E-state index in [1.54, 1.807) is 0 Å². The van der Waals surface area contributed by atoms with Crippen LogP contribution in [0.15, 0.2) is 0 Å². The minimum atomic E-state index is -0.718. The maximum atomic E-state index is 11.0. The Kier molecular flexibility index (Phi) is 6.51. The van der Waals surface area contributed by atoms with Gasteiger partial charge in [0.25, 0.3) is 5.91 Å². The largest absolute Gasteiger partial charge is 0.364 e. The number of nitrogens with one attached hydrogen (secondary N) is 1. The van der Waals surface area contributed by atoms with E-state index in [0.29, 0.717) is 6.29 Å². The number of carbonyl (C=O) groups is 3. The van der Waals surface area contributed by atoms with Crippen LogP contribution in [0.2, 0.25) is 0 Å². The predicted molar refractivity (Wildman–Crippen MR) is 48.3 cm³/mol. The Labute approximate surface area is 81.8 Å². The molecule has 0 saturated heterocycles. The number of aldehydes is 1. The topological polar surface area (TPSA) is 98.5 Å². The lowest BCUT2D eigenvalue weighted by Crippen LogP contribution is -2.33. The van der Waals surface area contributed by atoms with E-state index in [9.17, 15) is 14.4 Å². The first-order valence-electron chi connectivity index (χ1n) is 4.12. The molecule has 14 heavy (non-hydrogen) atoms. The lowest BCUT2D eigenvalue weighted by atomic mass is 10.1. The van der Waals surface area contributed by atoms with Crippen molar-refractivity contribution in [3.05, 3.63) is 0 Å². The van der Waals surface area contributed by atoms with Gasteiger partial charge in [-0.2, -0.15) is 0 Å². The number of ether oxygens (including phenoxy) is 1. The second-order valence-electron chi connectivity index (χ2n) is 2.70. The lowest BCUT2D eigenvalue weighted by molar-refractivity contribution is -0.138. The van der Waals surface area contributed by atoms with Crippen LogP contribution in [-0.4, -0.2) is 37.9 Å². The third-order valence-corrected chi connectivity index (χ3v) is 1.51.